The van der Waals surface area contributed by atoms with Gasteiger partial charge in [-0.3, -0.25) is 9.69 Å². The molecular formula is C18H20N4O2. The number of anilines is 1. The second kappa shape index (κ2) is 6.33. The first kappa shape index (κ1) is 16.0. The number of hydrogen-bond acceptors (Lipinski definition) is 4. The number of aromatic amines is 1. The van der Waals surface area contributed by atoms with Gasteiger partial charge in [-0.05, 0) is 37.2 Å². The average Bonchev–Trinajstić information content (AvgIpc) is 2.86. The summed E-state index contributed by atoms with van der Waals surface area (Å²) >= 11 is 0. The van der Waals surface area contributed by atoms with Gasteiger partial charge in [0.25, 0.3) is 0 Å². The third kappa shape index (κ3) is 2.96. The number of nitrogen functional groups attached to an aromatic ring is 1. The number of nitrogens with one attached hydrogen (secondary N) is 1. The number of carbonyl (C=O) groups is 1. The van der Waals surface area contributed by atoms with Crippen molar-refractivity contribution < 1.29 is 9.90 Å². The van der Waals surface area contributed by atoms with Gasteiger partial charge in [0, 0.05) is 29.3 Å². The number of pyridine rings is 1. The van der Waals surface area contributed by atoms with Gasteiger partial charge in [0.1, 0.15) is 11.9 Å². The number of fused-ring (bicyclic) bond motifs is 1. The largest absolute Gasteiger partial charge is 0.480 e. The fraction of sp³-hybridized carbons (Fsp3) is 0.222. The molecule has 2 heterocycles. The highest BCUT2D eigenvalue weighted by Gasteiger charge is 2.26. The predicted molar refractivity (Wildman–Crippen MR) is 93.5 cm³/mol. The normalized spacial score (nSPS) is 12.6. The third-order valence-electron chi connectivity index (χ3n) is 4.28. The Labute approximate surface area is 139 Å². The standard InChI is InChI=1S/C18H20N4O2/c1-11-13-5-3-4-6-14(13)21-15(11)10-22(2)17(18(23)24)12-7-8-16(19)20-9-12/h3-9,17,21H,10H2,1-2H3,(H2,19,20)(H,23,24)/t17-/m0/s1. The Bertz CT molecular complexity index is 870. The van der Waals surface area contributed by atoms with Crippen LogP contribution in [0.25, 0.3) is 10.9 Å². The molecule has 0 amide bonds. The molecule has 4 N–H and O–H groups in total. The molecule has 3 aromatic rings. The monoisotopic (exact) mass is 324 g/mol. The minimum Gasteiger partial charge on any atom is -0.480 e. The molecule has 0 bridgehead atoms. The highest BCUT2D eigenvalue weighted by atomic mass is 16.4. The molecule has 1 aromatic carbocycles. The molecule has 3 rings (SSSR count). The highest BCUT2D eigenvalue weighted by Crippen LogP contribution is 2.26. The van der Waals surface area contributed by atoms with E-state index in [9.17, 15) is 9.90 Å². The summed E-state index contributed by atoms with van der Waals surface area (Å²) in [6, 6.07) is 10.6. The Balaban J connectivity index is 1.90. The number of para-hydroxylation sites is 1. The number of benzene rings is 1. The number of aryl methyl sites for hydroxylation is 1. The van der Waals surface area contributed by atoms with E-state index in [1.807, 2.05) is 25.1 Å². The van der Waals surface area contributed by atoms with Gasteiger partial charge in [0.2, 0.25) is 0 Å². The number of carboxylic acid groups (broad SMARTS) is 1. The van der Waals surface area contributed by atoms with Gasteiger partial charge in [0.15, 0.2) is 0 Å². The molecule has 2 aromatic heterocycles. The summed E-state index contributed by atoms with van der Waals surface area (Å²) in [6.07, 6.45) is 1.52. The van der Waals surface area contributed by atoms with E-state index in [-0.39, 0.29) is 0 Å². The number of hydrogen-bond donors (Lipinski definition) is 3. The second-order valence-corrected chi connectivity index (χ2v) is 5.95. The summed E-state index contributed by atoms with van der Waals surface area (Å²) in [4.78, 5) is 20.9. The molecule has 24 heavy (non-hydrogen) atoms. The zero-order valence-corrected chi connectivity index (χ0v) is 13.7. The molecular weight excluding hydrogens is 304 g/mol. The topological polar surface area (TPSA) is 95.2 Å². The lowest BCUT2D eigenvalue weighted by Gasteiger charge is -2.24. The van der Waals surface area contributed by atoms with Crippen molar-refractivity contribution in [1.29, 1.82) is 0 Å². The number of rotatable bonds is 5. The number of nitrogens with zero attached hydrogens (tertiary/aromatic N) is 2. The molecule has 0 spiro atoms. The first-order valence-electron chi connectivity index (χ1n) is 7.68. The SMILES string of the molecule is Cc1c(CN(C)[C@H](C(=O)O)c2ccc(N)nc2)[nH]c2ccccc12. The first-order chi connectivity index (χ1) is 11.5. The summed E-state index contributed by atoms with van der Waals surface area (Å²) in [7, 11) is 1.79. The first-order valence-corrected chi connectivity index (χ1v) is 7.68. The Morgan fingerprint density at radius 3 is 2.71 bits per heavy atom. The van der Waals surface area contributed by atoms with Gasteiger partial charge in [0.05, 0.1) is 0 Å². The highest BCUT2D eigenvalue weighted by molar-refractivity contribution is 5.84. The van der Waals surface area contributed by atoms with Gasteiger partial charge >= 0.3 is 5.97 Å². The summed E-state index contributed by atoms with van der Waals surface area (Å²) in [5.74, 6) is -0.546. The van der Waals surface area contributed by atoms with Crippen molar-refractivity contribution >= 4 is 22.7 Å². The van der Waals surface area contributed by atoms with E-state index in [1.165, 1.54) is 6.20 Å². The van der Waals surface area contributed by atoms with Crippen molar-refractivity contribution in [2.45, 2.75) is 19.5 Å². The zero-order chi connectivity index (χ0) is 17.3. The maximum absolute atomic E-state index is 11.8. The number of aliphatic carboxylic acids is 1. The zero-order valence-electron chi connectivity index (χ0n) is 13.7. The van der Waals surface area contributed by atoms with Gasteiger partial charge in [-0.25, -0.2) is 4.98 Å². The van der Waals surface area contributed by atoms with Crippen molar-refractivity contribution in [3.05, 3.63) is 59.4 Å². The third-order valence-corrected chi connectivity index (χ3v) is 4.28. The lowest BCUT2D eigenvalue weighted by atomic mass is 10.1. The quantitative estimate of drug-likeness (QED) is 0.671. The molecule has 0 aliphatic carbocycles. The van der Waals surface area contributed by atoms with Crippen LogP contribution in [0.15, 0.2) is 42.6 Å². The summed E-state index contributed by atoms with van der Waals surface area (Å²) in [6.45, 7) is 2.53. The van der Waals surface area contributed by atoms with E-state index in [0.717, 1.165) is 22.2 Å². The van der Waals surface area contributed by atoms with Crippen LogP contribution < -0.4 is 5.73 Å². The minimum absolute atomic E-state index is 0.372. The Morgan fingerprint density at radius 1 is 1.33 bits per heavy atom. The van der Waals surface area contributed by atoms with E-state index in [0.29, 0.717) is 17.9 Å². The fourth-order valence-corrected chi connectivity index (χ4v) is 3.00. The molecule has 0 saturated heterocycles. The Morgan fingerprint density at radius 2 is 2.08 bits per heavy atom. The smallest absolute Gasteiger partial charge is 0.325 e. The van der Waals surface area contributed by atoms with Crippen molar-refractivity contribution in [2.75, 3.05) is 12.8 Å². The van der Waals surface area contributed by atoms with Crippen molar-refractivity contribution in [3.63, 3.8) is 0 Å². The van der Waals surface area contributed by atoms with Crippen LogP contribution in [-0.4, -0.2) is 33.0 Å². The molecule has 6 heteroatoms. The van der Waals surface area contributed by atoms with Gasteiger partial charge < -0.3 is 15.8 Å². The summed E-state index contributed by atoms with van der Waals surface area (Å²) in [5, 5.41) is 10.8. The number of nitrogens with two attached hydrogens (primary N) is 1. The number of likely N-dealkylation sites (N-methyl/N-ethyl adjacent to an activating group) is 1. The molecule has 0 aliphatic rings. The van der Waals surface area contributed by atoms with E-state index in [4.69, 9.17) is 5.73 Å². The van der Waals surface area contributed by atoms with Crippen LogP contribution in [0.1, 0.15) is 22.9 Å². The van der Waals surface area contributed by atoms with E-state index in [2.05, 4.69) is 16.0 Å². The van der Waals surface area contributed by atoms with Crippen LogP contribution in [0, 0.1) is 6.92 Å². The Kier molecular flexibility index (Phi) is 4.22. The number of carboxylic acids is 1. The van der Waals surface area contributed by atoms with Gasteiger partial charge in [-0.15, -0.1) is 0 Å². The van der Waals surface area contributed by atoms with Crippen molar-refractivity contribution in [3.8, 4) is 0 Å². The molecule has 0 saturated carbocycles. The molecule has 0 unspecified atom stereocenters. The van der Waals surface area contributed by atoms with Crippen LogP contribution >= 0.6 is 0 Å². The van der Waals surface area contributed by atoms with Crippen LogP contribution in [-0.2, 0) is 11.3 Å². The lowest BCUT2D eigenvalue weighted by molar-refractivity contribution is -0.143. The van der Waals surface area contributed by atoms with E-state index < -0.39 is 12.0 Å². The maximum atomic E-state index is 11.8. The second-order valence-electron chi connectivity index (χ2n) is 5.95. The molecule has 0 fully saturated rings. The van der Waals surface area contributed by atoms with Crippen LogP contribution in [0.3, 0.4) is 0 Å². The van der Waals surface area contributed by atoms with Crippen LogP contribution in [0.2, 0.25) is 0 Å². The van der Waals surface area contributed by atoms with Gasteiger partial charge in [-0.1, -0.05) is 24.3 Å². The molecule has 6 nitrogen and oxygen atoms in total. The minimum atomic E-state index is -0.919. The maximum Gasteiger partial charge on any atom is 0.325 e. The lowest BCUT2D eigenvalue weighted by Crippen LogP contribution is -2.31. The predicted octanol–water partition coefficient (Wildman–Crippen LogP) is 2.71. The fourth-order valence-electron chi connectivity index (χ4n) is 3.00. The van der Waals surface area contributed by atoms with E-state index in [1.54, 1.807) is 24.1 Å². The Hall–Kier alpha value is -2.86. The summed E-state index contributed by atoms with van der Waals surface area (Å²) < 4.78 is 0. The molecule has 124 valence electrons. The number of aromatic nitrogens is 2. The molecule has 0 aliphatic heterocycles. The van der Waals surface area contributed by atoms with Crippen LogP contribution in [0.4, 0.5) is 5.82 Å². The van der Waals surface area contributed by atoms with Crippen molar-refractivity contribution in [2.24, 2.45) is 0 Å². The van der Waals surface area contributed by atoms with Crippen LogP contribution in [0.5, 0.6) is 0 Å². The van der Waals surface area contributed by atoms with E-state index >= 15 is 0 Å². The molecule has 1 atom stereocenters. The molecule has 0 radical (unpaired) electrons. The van der Waals surface area contributed by atoms with Gasteiger partial charge in [-0.2, -0.15) is 0 Å². The average molecular weight is 324 g/mol. The van der Waals surface area contributed by atoms with Crippen molar-refractivity contribution in [1.82, 2.24) is 14.9 Å². The number of H-pyrrole nitrogens is 1. The summed E-state index contributed by atoms with van der Waals surface area (Å²) in [5.41, 5.74) is 9.39.